The maximum atomic E-state index is 11.9. The number of hydrogen-bond acceptors (Lipinski definition) is 5. The lowest BCUT2D eigenvalue weighted by molar-refractivity contribution is -0.113. The van der Waals surface area contributed by atoms with E-state index in [9.17, 15) is 13.2 Å². The van der Waals surface area contributed by atoms with E-state index in [0.29, 0.717) is 17.9 Å². The maximum Gasteiger partial charge on any atom is 0.239 e. The van der Waals surface area contributed by atoms with Gasteiger partial charge in [0.1, 0.15) is 11.5 Å². The Morgan fingerprint density at radius 3 is 2.65 bits per heavy atom. The minimum atomic E-state index is -3.49. The molecule has 0 radical (unpaired) electrons. The lowest BCUT2D eigenvalue weighted by Gasteiger charge is -2.13. The Morgan fingerprint density at radius 1 is 1.40 bits per heavy atom. The summed E-state index contributed by atoms with van der Waals surface area (Å²) >= 11 is 0. The number of para-hydroxylation sites is 2. The Labute approximate surface area is 119 Å². The van der Waals surface area contributed by atoms with Crippen LogP contribution < -0.4 is 15.8 Å². The van der Waals surface area contributed by atoms with Crippen LogP contribution in [0.2, 0.25) is 0 Å². The quantitative estimate of drug-likeness (QED) is 0.775. The molecule has 0 aliphatic rings. The third kappa shape index (κ3) is 4.50. The van der Waals surface area contributed by atoms with Crippen LogP contribution in [0.25, 0.3) is 0 Å². The van der Waals surface area contributed by atoms with E-state index in [1.807, 2.05) is 0 Å². The largest absolute Gasteiger partial charge is 0.495 e. The van der Waals surface area contributed by atoms with Gasteiger partial charge in [0.05, 0.1) is 18.0 Å². The van der Waals surface area contributed by atoms with Crippen molar-refractivity contribution in [1.82, 2.24) is 0 Å². The second-order valence-corrected chi connectivity index (χ2v) is 6.86. The number of carbonyl (C=O) groups excluding carboxylic acids is 1. The molecular formula is C13H20N2O4S. The Kier molecular flexibility index (Phi) is 5.97. The Bertz CT molecular complexity index is 557. The first-order valence-corrected chi connectivity index (χ1v) is 7.96. The van der Waals surface area contributed by atoms with Gasteiger partial charge in [-0.2, -0.15) is 0 Å². The summed E-state index contributed by atoms with van der Waals surface area (Å²) in [5, 5.41) is 1.91. The van der Waals surface area contributed by atoms with Gasteiger partial charge in [-0.3, -0.25) is 4.79 Å². The van der Waals surface area contributed by atoms with Crippen molar-refractivity contribution in [1.29, 1.82) is 0 Å². The van der Waals surface area contributed by atoms with E-state index >= 15 is 0 Å². The topological polar surface area (TPSA) is 98.5 Å². The molecule has 1 aromatic carbocycles. The minimum Gasteiger partial charge on any atom is -0.495 e. The second kappa shape index (κ2) is 7.25. The zero-order valence-corrected chi connectivity index (χ0v) is 12.4. The maximum absolute atomic E-state index is 11.9. The number of sulfone groups is 1. The molecule has 0 bridgehead atoms. The normalized spacial score (nSPS) is 12.8. The molecule has 0 heterocycles. The Hall–Kier alpha value is -1.60. The smallest absolute Gasteiger partial charge is 0.239 e. The molecule has 20 heavy (non-hydrogen) atoms. The molecule has 1 unspecified atom stereocenters. The number of nitrogens with two attached hydrogens (primary N) is 1. The highest BCUT2D eigenvalue weighted by Crippen LogP contribution is 2.23. The predicted molar refractivity (Wildman–Crippen MR) is 78.5 cm³/mol. The van der Waals surface area contributed by atoms with Gasteiger partial charge in [-0.05, 0) is 32.0 Å². The fraction of sp³-hybridized carbons (Fsp3) is 0.462. The van der Waals surface area contributed by atoms with Crippen LogP contribution in [-0.4, -0.2) is 39.0 Å². The number of rotatable bonds is 7. The summed E-state index contributed by atoms with van der Waals surface area (Å²) in [5.74, 6) is -0.668. The lowest BCUT2D eigenvalue weighted by Crippen LogP contribution is -2.30. The third-order valence-corrected chi connectivity index (χ3v) is 5.03. The van der Waals surface area contributed by atoms with Crippen molar-refractivity contribution >= 4 is 21.4 Å². The molecule has 1 amide bonds. The van der Waals surface area contributed by atoms with E-state index in [1.165, 1.54) is 7.11 Å². The number of benzene rings is 1. The summed E-state index contributed by atoms with van der Waals surface area (Å²) in [6.45, 7) is 1.83. The van der Waals surface area contributed by atoms with Crippen LogP contribution >= 0.6 is 0 Å². The van der Waals surface area contributed by atoms with Crippen LogP contribution in [0, 0.1) is 0 Å². The van der Waals surface area contributed by atoms with E-state index in [4.69, 9.17) is 10.5 Å². The van der Waals surface area contributed by atoms with Crippen molar-refractivity contribution in [3.8, 4) is 5.75 Å². The molecule has 3 N–H and O–H groups in total. The van der Waals surface area contributed by atoms with Gasteiger partial charge in [0.25, 0.3) is 0 Å². The Morgan fingerprint density at radius 2 is 2.05 bits per heavy atom. The second-order valence-electron chi connectivity index (χ2n) is 4.44. The molecule has 0 spiro atoms. The molecule has 112 valence electrons. The number of anilines is 1. The van der Waals surface area contributed by atoms with E-state index in [1.54, 1.807) is 31.2 Å². The van der Waals surface area contributed by atoms with Crippen molar-refractivity contribution in [2.24, 2.45) is 5.73 Å². The highest BCUT2D eigenvalue weighted by Gasteiger charge is 2.24. The number of amides is 1. The minimum absolute atomic E-state index is 0.272. The van der Waals surface area contributed by atoms with E-state index in [-0.39, 0.29) is 6.54 Å². The summed E-state index contributed by atoms with van der Waals surface area (Å²) < 4.78 is 28.9. The first kappa shape index (κ1) is 16.5. The SMILES string of the molecule is COc1ccccc1NC(=O)CS(=O)(=O)C(C)CCN. The van der Waals surface area contributed by atoms with E-state index in [0.717, 1.165) is 0 Å². The summed E-state index contributed by atoms with van der Waals surface area (Å²) in [4.78, 5) is 11.8. The molecule has 7 heteroatoms. The zero-order valence-electron chi connectivity index (χ0n) is 11.6. The molecule has 0 saturated carbocycles. The van der Waals surface area contributed by atoms with Crippen molar-refractivity contribution in [2.45, 2.75) is 18.6 Å². The van der Waals surface area contributed by atoms with Gasteiger partial charge in [-0.15, -0.1) is 0 Å². The molecule has 1 aromatic rings. The number of hydrogen-bond donors (Lipinski definition) is 2. The van der Waals surface area contributed by atoms with Crippen LogP contribution in [-0.2, 0) is 14.6 Å². The van der Waals surface area contributed by atoms with Gasteiger partial charge in [0.2, 0.25) is 5.91 Å². The molecule has 0 aliphatic carbocycles. The van der Waals surface area contributed by atoms with Crippen molar-refractivity contribution in [3.05, 3.63) is 24.3 Å². The van der Waals surface area contributed by atoms with Gasteiger partial charge in [0, 0.05) is 0 Å². The average molecular weight is 300 g/mol. The van der Waals surface area contributed by atoms with Crippen molar-refractivity contribution < 1.29 is 17.9 Å². The number of carbonyl (C=O) groups is 1. The lowest BCUT2D eigenvalue weighted by atomic mass is 10.3. The molecule has 1 atom stereocenters. The fourth-order valence-corrected chi connectivity index (χ4v) is 2.89. The van der Waals surface area contributed by atoms with Crippen LogP contribution in [0.4, 0.5) is 5.69 Å². The van der Waals surface area contributed by atoms with E-state index in [2.05, 4.69) is 5.32 Å². The summed E-state index contributed by atoms with van der Waals surface area (Å²) in [6.07, 6.45) is 0.338. The molecule has 0 aliphatic heterocycles. The predicted octanol–water partition coefficient (Wildman–Crippen LogP) is 0.786. The van der Waals surface area contributed by atoms with E-state index < -0.39 is 26.7 Å². The molecule has 1 rings (SSSR count). The van der Waals surface area contributed by atoms with Gasteiger partial charge < -0.3 is 15.8 Å². The van der Waals surface area contributed by atoms with Crippen molar-refractivity contribution in [3.63, 3.8) is 0 Å². The van der Waals surface area contributed by atoms with Gasteiger partial charge in [-0.1, -0.05) is 12.1 Å². The first-order chi connectivity index (χ1) is 9.40. The number of ether oxygens (including phenoxy) is 1. The zero-order chi connectivity index (χ0) is 15.2. The molecule has 0 saturated heterocycles. The van der Waals surface area contributed by atoms with Gasteiger partial charge >= 0.3 is 0 Å². The van der Waals surface area contributed by atoms with Gasteiger partial charge in [0.15, 0.2) is 9.84 Å². The fourth-order valence-electron chi connectivity index (χ4n) is 1.67. The molecule has 0 fully saturated rings. The number of methoxy groups -OCH3 is 1. The average Bonchev–Trinajstić information content (AvgIpc) is 2.38. The highest BCUT2D eigenvalue weighted by atomic mass is 32.2. The molecule has 0 aromatic heterocycles. The summed E-state index contributed by atoms with van der Waals surface area (Å²) in [6, 6.07) is 6.81. The van der Waals surface area contributed by atoms with Crippen molar-refractivity contribution in [2.75, 3.05) is 24.7 Å². The first-order valence-electron chi connectivity index (χ1n) is 6.25. The van der Waals surface area contributed by atoms with Gasteiger partial charge in [-0.25, -0.2) is 8.42 Å². The summed E-state index contributed by atoms with van der Waals surface area (Å²) in [7, 11) is -2.02. The highest BCUT2D eigenvalue weighted by molar-refractivity contribution is 7.92. The third-order valence-electron chi connectivity index (χ3n) is 2.90. The summed E-state index contributed by atoms with van der Waals surface area (Å²) in [5.41, 5.74) is 5.78. The molecule has 6 nitrogen and oxygen atoms in total. The molecular weight excluding hydrogens is 280 g/mol. The standard InChI is InChI=1S/C13H20N2O4S/c1-10(7-8-14)20(17,18)9-13(16)15-11-5-3-4-6-12(11)19-2/h3-6,10H,7-9,14H2,1-2H3,(H,15,16). The Balaban J connectivity index is 2.73. The van der Waals surface area contributed by atoms with Crippen LogP contribution in [0.5, 0.6) is 5.75 Å². The van der Waals surface area contributed by atoms with Crippen LogP contribution in [0.15, 0.2) is 24.3 Å². The number of nitrogens with one attached hydrogen (secondary N) is 1. The van der Waals surface area contributed by atoms with Crippen LogP contribution in [0.3, 0.4) is 0 Å². The van der Waals surface area contributed by atoms with Crippen LogP contribution in [0.1, 0.15) is 13.3 Å². The monoisotopic (exact) mass is 300 g/mol.